The fraction of sp³-hybridized carbons (Fsp3) is 0.600. The zero-order valence-corrected chi connectivity index (χ0v) is 15.6. The molecule has 4 rings (SSSR count). The van der Waals surface area contributed by atoms with Gasteiger partial charge in [-0.2, -0.15) is 0 Å². The Bertz CT molecular complexity index is 714. The molecule has 0 amide bonds. The van der Waals surface area contributed by atoms with Gasteiger partial charge in [-0.25, -0.2) is 0 Å². The number of ether oxygens (including phenoxy) is 2. The molecule has 2 fully saturated rings. The summed E-state index contributed by atoms with van der Waals surface area (Å²) < 4.78 is 17.7. The lowest BCUT2D eigenvalue weighted by Crippen LogP contribution is -2.54. The molecule has 2 aromatic rings. The van der Waals surface area contributed by atoms with Gasteiger partial charge in [0.1, 0.15) is 11.5 Å². The van der Waals surface area contributed by atoms with Gasteiger partial charge in [0, 0.05) is 37.3 Å². The van der Waals surface area contributed by atoms with Crippen LogP contribution in [0.1, 0.15) is 36.3 Å². The van der Waals surface area contributed by atoms with Gasteiger partial charge < -0.3 is 14.0 Å². The van der Waals surface area contributed by atoms with Crippen LogP contribution in [0.2, 0.25) is 0 Å². The predicted molar refractivity (Wildman–Crippen MR) is 97.0 cm³/mol. The first kappa shape index (κ1) is 17.5. The van der Waals surface area contributed by atoms with Crippen molar-refractivity contribution < 1.29 is 14.0 Å². The standard InChI is InChI=1S/C20H27N3O3/c1-15-19(16(2)26-22-15)12-23-9-10-25-20(14-23)7-3-5-17(20)13-24-18-6-4-8-21-11-18/h4,6,8,11,17H,3,5,7,9-10,12-14H2,1-2H3/t17-,20-/m1/s1. The third-order valence-electron chi connectivity index (χ3n) is 5.83. The van der Waals surface area contributed by atoms with Crippen molar-refractivity contribution in [3.8, 4) is 5.75 Å². The number of aryl methyl sites for hydroxylation is 2. The van der Waals surface area contributed by atoms with Gasteiger partial charge in [0.25, 0.3) is 0 Å². The number of morpholine rings is 1. The van der Waals surface area contributed by atoms with Gasteiger partial charge in [-0.1, -0.05) is 5.16 Å². The number of nitrogens with zero attached hydrogens (tertiary/aromatic N) is 3. The fourth-order valence-corrected chi connectivity index (χ4v) is 4.34. The Morgan fingerprint density at radius 2 is 2.31 bits per heavy atom. The Hall–Kier alpha value is -1.92. The summed E-state index contributed by atoms with van der Waals surface area (Å²) in [4.78, 5) is 6.61. The van der Waals surface area contributed by atoms with Crippen LogP contribution in [0.25, 0.3) is 0 Å². The summed E-state index contributed by atoms with van der Waals surface area (Å²) in [5.74, 6) is 2.17. The van der Waals surface area contributed by atoms with Crippen LogP contribution < -0.4 is 4.74 Å². The first-order chi connectivity index (χ1) is 12.7. The molecule has 2 aromatic heterocycles. The van der Waals surface area contributed by atoms with Crippen LogP contribution in [0.4, 0.5) is 0 Å². The Labute approximate surface area is 154 Å². The molecule has 2 aliphatic rings. The molecule has 140 valence electrons. The minimum atomic E-state index is -0.0978. The summed E-state index contributed by atoms with van der Waals surface area (Å²) >= 11 is 0. The van der Waals surface area contributed by atoms with E-state index in [0.29, 0.717) is 12.5 Å². The van der Waals surface area contributed by atoms with Crippen molar-refractivity contribution >= 4 is 0 Å². The van der Waals surface area contributed by atoms with Crippen molar-refractivity contribution in [3.05, 3.63) is 41.5 Å². The Morgan fingerprint density at radius 1 is 1.38 bits per heavy atom. The van der Waals surface area contributed by atoms with Crippen molar-refractivity contribution in [3.63, 3.8) is 0 Å². The molecule has 0 aromatic carbocycles. The smallest absolute Gasteiger partial charge is 0.138 e. The van der Waals surface area contributed by atoms with Crippen LogP contribution in [0.3, 0.4) is 0 Å². The summed E-state index contributed by atoms with van der Waals surface area (Å²) in [6, 6.07) is 3.86. The Balaban J connectivity index is 1.42. The number of pyridine rings is 1. The van der Waals surface area contributed by atoms with E-state index in [2.05, 4.69) is 15.0 Å². The van der Waals surface area contributed by atoms with Crippen LogP contribution in [0.15, 0.2) is 29.0 Å². The molecule has 1 aliphatic carbocycles. The van der Waals surface area contributed by atoms with E-state index in [9.17, 15) is 0 Å². The van der Waals surface area contributed by atoms with Gasteiger partial charge in [-0.15, -0.1) is 0 Å². The highest BCUT2D eigenvalue weighted by molar-refractivity contribution is 5.21. The topological polar surface area (TPSA) is 60.6 Å². The number of hydrogen-bond acceptors (Lipinski definition) is 6. The largest absolute Gasteiger partial charge is 0.492 e. The lowest BCUT2D eigenvalue weighted by atomic mass is 9.89. The maximum atomic E-state index is 6.36. The minimum Gasteiger partial charge on any atom is -0.492 e. The Kier molecular flexibility index (Phi) is 4.96. The molecule has 2 atom stereocenters. The first-order valence-electron chi connectivity index (χ1n) is 9.47. The zero-order chi connectivity index (χ0) is 18.0. The van der Waals surface area contributed by atoms with Crippen molar-refractivity contribution in [2.24, 2.45) is 5.92 Å². The van der Waals surface area contributed by atoms with Crippen LogP contribution in [0, 0.1) is 19.8 Å². The van der Waals surface area contributed by atoms with Gasteiger partial charge in [0.15, 0.2) is 0 Å². The molecule has 3 heterocycles. The van der Waals surface area contributed by atoms with E-state index in [4.69, 9.17) is 14.0 Å². The van der Waals surface area contributed by atoms with Crippen molar-refractivity contribution in [1.82, 2.24) is 15.0 Å². The molecule has 6 heteroatoms. The van der Waals surface area contributed by atoms with Crippen molar-refractivity contribution in [1.29, 1.82) is 0 Å². The average Bonchev–Trinajstić information content (AvgIpc) is 3.18. The highest BCUT2D eigenvalue weighted by Crippen LogP contribution is 2.41. The molecule has 1 saturated carbocycles. The second-order valence-corrected chi connectivity index (χ2v) is 7.52. The second-order valence-electron chi connectivity index (χ2n) is 7.52. The molecule has 0 bridgehead atoms. The summed E-state index contributed by atoms with van der Waals surface area (Å²) in [5.41, 5.74) is 2.11. The molecule has 6 nitrogen and oxygen atoms in total. The van der Waals surface area contributed by atoms with Crippen molar-refractivity contribution in [2.75, 3.05) is 26.3 Å². The van der Waals surface area contributed by atoms with Crippen LogP contribution >= 0.6 is 0 Å². The van der Waals surface area contributed by atoms with Gasteiger partial charge >= 0.3 is 0 Å². The summed E-state index contributed by atoms with van der Waals surface area (Å²) in [6.45, 7) is 8.23. The Morgan fingerprint density at radius 3 is 3.08 bits per heavy atom. The molecule has 1 saturated heterocycles. The van der Waals surface area contributed by atoms with Crippen LogP contribution in [-0.4, -0.2) is 46.9 Å². The van der Waals surface area contributed by atoms with E-state index in [1.807, 2.05) is 26.0 Å². The van der Waals surface area contributed by atoms with E-state index >= 15 is 0 Å². The highest BCUT2D eigenvalue weighted by atomic mass is 16.5. The summed E-state index contributed by atoms with van der Waals surface area (Å²) in [7, 11) is 0. The molecule has 0 N–H and O–H groups in total. The number of hydrogen-bond donors (Lipinski definition) is 0. The first-order valence-corrected chi connectivity index (χ1v) is 9.47. The maximum Gasteiger partial charge on any atom is 0.138 e. The lowest BCUT2D eigenvalue weighted by molar-refractivity contribution is -0.137. The normalized spacial score (nSPS) is 26.5. The summed E-state index contributed by atoms with van der Waals surface area (Å²) in [6.07, 6.45) is 6.99. The van der Waals surface area contributed by atoms with E-state index in [1.54, 1.807) is 12.4 Å². The second kappa shape index (κ2) is 7.37. The number of rotatable bonds is 5. The molecule has 1 aliphatic heterocycles. The van der Waals surface area contributed by atoms with Crippen LogP contribution in [-0.2, 0) is 11.3 Å². The minimum absolute atomic E-state index is 0.0978. The van der Waals surface area contributed by atoms with E-state index in [-0.39, 0.29) is 5.60 Å². The van der Waals surface area contributed by atoms with E-state index in [0.717, 1.165) is 56.3 Å². The molecular weight excluding hydrogens is 330 g/mol. The summed E-state index contributed by atoms with van der Waals surface area (Å²) in [5, 5.41) is 4.09. The van der Waals surface area contributed by atoms with Gasteiger partial charge in [0.05, 0.1) is 30.7 Å². The number of aromatic nitrogens is 2. The average molecular weight is 357 g/mol. The van der Waals surface area contributed by atoms with Gasteiger partial charge in [-0.3, -0.25) is 9.88 Å². The predicted octanol–water partition coefficient (Wildman–Crippen LogP) is 3.14. The molecule has 0 radical (unpaired) electrons. The molecule has 26 heavy (non-hydrogen) atoms. The fourth-order valence-electron chi connectivity index (χ4n) is 4.34. The van der Waals surface area contributed by atoms with Gasteiger partial charge in [0.2, 0.25) is 0 Å². The van der Waals surface area contributed by atoms with Gasteiger partial charge in [-0.05, 0) is 45.2 Å². The van der Waals surface area contributed by atoms with Crippen LogP contribution in [0.5, 0.6) is 5.75 Å². The molecule has 0 unspecified atom stereocenters. The third-order valence-corrected chi connectivity index (χ3v) is 5.83. The molecular formula is C20H27N3O3. The molecule has 1 spiro atoms. The highest BCUT2D eigenvalue weighted by Gasteiger charge is 2.47. The van der Waals surface area contributed by atoms with E-state index in [1.165, 1.54) is 12.0 Å². The monoisotopic (exact) mass is 357 g/mol. The lowest BCUT2D eigenvalue weighted by Gasteiger charge is -2.44. The van der Waals surface area contributed by atoms with Crippen molar-refractivity contribution in [2.45, 2.75) is 45.3 Å². The van der Waals surface area contributed by atoms with E-state index < -0.39 is 0 Å². The quantitative estimate of drug-likeness (QED) is 0.819. The SMILES string of the molecule is Cc1noc(C)c1CN1CCO[C@]2(CCC[C@@H]2COc2cccnc2)C1. The third kappa shape index (κ3) is 3.48. The zero-order valence-electron chi connectivity index (χ0n) is 15.6. The maximum absolute atomic E-state index is 6.36.